The second kappa shape index (κ2) is 6.52. The quantitative estimate of drug-likeness (QED) is 0.770. The zero-order valence-corrected chi connectivity index (χ0v) is 15.6. The van der Waals surface area contributed by atoms with E-state index in [0.29, 0.717) is 40.6 Å². The molecule has 2 aromatic rings. The molecule has 0 unspecified atom stereocenters. The lowest BCUT2D eigenvalue weighted by Crippen LogP contribution is -2.27. The second-order valence-electron chi connectivity index (χ2n) is 5.10. The van der Waals surface area contributed by atoms with Gasteiger partial charge in [0.25, 0.3) is 10.0 Å². The third-order valence-electron chi connectivity index (χ3n) is 3.67. The lowest BCUT2D eigenvalue weighted by atomic mass is 10.2. The Morgan fingerprint density at radius 2 is 1.79 bits per heavy atom. The Hall–Kier alpha value is -1.93. The number of hydrogen-bond acceptors (Lipinski definition) is 5. The van der Waals surface area contributed by atoms with Crippen molar-refractivity contribution in [3.8, 4) is 17.2 Å². The van der Waals surface area contributed by atoms with Crippen molar-refractivity contribution in [2.24, 2.45) is 0 Å². The molecular formula is C16H16BrNO5S. The highest BCUT2D eigenvalue weighted by molar-refractivity contribution is 9.10. The maximum absolute atomic E-state index is 12.8. The van der Waals surface area contributed by atoms with Crippen molar-refractivity contribution < 1.29 is 22.6 Å². The Balaban J connectivity index is 1.96. The normalized spacial score (nSPS) is 13.5. The van der Waals surface area contributed by atoms with E-state index in [1.165, 1.54) is 30.6 Å². The topological polar surface area (TPSA) is 65.1 Å². The zero-order chi connectivity index (χ0) is 17.3. The summed E-state index contributed by atoms with van der Waals surface area (Å²) in [5.41, 5.74) is 0.492. The number of methoxy groups -OCH3 is 1. The Morgan fingerprint density at radius 3 is 2.46 bits per heavy atom. The van der Waals surface area contributed by atoms with Gasteiger partial charge in [-0.1, -0.05) is 0 Å². The Kier molecular flexibility index (Phi) is 4.60. The van der Waals surface area contributed by atoms with Crippen LogP contribution in [0.3, 0.4) is 0 Å². The van der Waals surface area contributed by atoms with Crippen LogP contribution in [0.2, 0.25) is 0 Å². The summed E-state index contributed by atoms with van der Waals surface area (Å²) in [5, 5.41) is 0. The predicted molar refractivity (Wildman–Crippen MR) is 93.7 cm³/mol. The van der Waals surface area contributed by atoms with Crippen LogP contribution in [-0.4, -0.2) is 35.8 Å². The first-order valence-corrected chi connectivity index (χ1v) is 9.39. The van der Waals surface area contributed by atoms with Crippen LogP contribution in [0.5, 0.6) is 17.2 Å². The summed E-state index contributed by atoms with van der Waals surface area (Å²) in [6.45, 7) is 0.929. The summed E-state index contributed by atoms with van der Waals surface area (Å²) in [7, 11) is -0.692. The number of fused-ring (bicyclic) bond motifs is 1. The van der Waals surface area contributed by atoms with E-state index >= 15 is 0 Å². The van der Waals surface area contributed by atoms with Gasteiger partial charge < -0.3 is 14.2 Å². The van der Waals surface area contributed by atoms with Gasteiger partial charge in [0.1, 0.15) is 19.0 Å². The van der Waals surface area contributed by atoms with Crippen LogP contribution in [0.15, 0.2) is 45.8 Å². The van der Waals surface area contributed by atoms with Crippen molar-refractivity contribution in [3.05, 3.63) is 40.9 Å². The summed E-state index contributed by atoms with van der Waals surface area (Å²) in [6, 6.07) is 9.68. The van der Waals surface area contributed by atoms with Gasteiger partial charge in [0.15, 0.2) is 11.5 Å². The minimum absolute atomic E-state index is 0.160. The molecule has 128 valence electrons. The van der Waals surface area contributed by atoms with Crippen LogP contribution in [0, 0.1) is 0 Å². The average molecular weight is 414 g/mol. The monoisotopic (exact) mass is 413 g/mol. The average Bonchev–Trinajstić information content (AvgIpc) is 2.60. The molecule has 0 saturated heterocycles. The molecule has 0 radical (unpaired) electrons. The van der Waals surface area contributed by atoms with Gasteiger partial charge >= 0.3 is 0 Å². The zero-order valence-electron chi connectivity index (χ0n) is 13.2. The van der Waals surface area contributed by atoms with E-state index in [9.17, 15) is 8.42 Å². The van der Waals surface area contributed by atoms with E-state index < -0.39 is 10.0 Å². The van der Waals surface area contributed by atoms with E-state index in [4.69, 9.17) is 14.2 Å². The molecule has 0 aromatic heterocycles. The largest absolute Gasteiger partial charge is 0.496 e. The van der Waals surface area contributed by atoms with Crippen molar-refractivity contribution in [1.29, 1.82) is 0 Å². The third-order valence-corrected chi connectivity index (χ3v) is 6.07. The van der Waals surface area contributed by atoms with Crippen molar-refractivity contribution in [3.63, 3.8) is 0 Å². The highest BCUT2D eigenvalue weighted by atomic mass is 79.9. The van der Waals surface area contributed by atoms with Crippen LogP contribution in [-0.2, 0) is 10.0 Å². The van der Waals surface area contributed by atoms with Crippen molar-refractivity contribution in [2.75, 3.05) is 31.7 Å². The molecule has 0 atom stereocenters. The Bertz CT molecular complexity index is 869. The van der Waals surface area contributed by atoms with Gasteiger partial charge in [-0.3, -0.25) is 4.31 Å². The standard InChI is InChI=1S/C16H16BrNO5S/c1-18(11-3-5-15-16(9-11)23-8-7-22-15)24(19,20)12-4-6-14(21-2)13(17)10-12/h3-6,9-10H,7-8H2,1-2H3. The van der Waals surface area contributed by atoms with E-state index in [-0.39, 0.29) is 4.90 Å². The van der Waals surface area contributed by atoms with Gasteiger partial charge in [-0.05, 0) is 46.3 Å². The van der Waals surface area contributed by atoms with Gasteiger partial charge in [-0.25, -0.2) is 8.42 Å². The fraction of sp³-hybridized carbons (Fsp3) is 0.250. The molecule has 8 heteroatoms. The number of ether oxygens (including phenoxy) is 3. The lowest BCUT2D eigenvalue weighted by molar-refractivity contribution is 0.171. The lowest BCUT2D eigenvalue weighted by Gasteiger charge is -2.23. The number of halogens is 1. The van der Waals surface area contributed by atoms with Crippen LogP contribution in [0.4, 0.5) is 5.69 Å². The van der Waals surface area contributed by atoms with Gasteiger partial charge in [0.2, 0.25) is 0 Å². The molecule has 0 saturated carbocycles. The molecule has 1 heterocycles. The second-order valence-corrected chi connectivity index (χ2v) is 7.92. The molecule has 6 nitrogen and oxygen atoms in total. The van der Waals surface area contributed by atoms with Crippen molar-refractivity contribution in [1.82, 2.24) is 0 Å². The molecule has 0 spiro atoms. The fourth-order valence-corrected chi connectivity index (χ4v) is 4.24. The summed E-state index contributed by atoms with van der Waals surface area (Å²) in [6.07, 6.45) is 0. The molecule has 1 aliphatic heterocycles. The number of hydrogen-bond donors (Lipinski definition) is 0. The maximum atomic E-state index is 12.8. The molecule has 0 amide bonds. The fourth-order valence-electron chi connectivity index (χ4n) is 2.33. The summed E-state index contributed by atoms with van der Waals surface area (Å²) < 4.78 is 43.6. The van der Waals surface area contributed by atoms with Crippen molar-refractivity contribution in [2.45, 2.75) is 4.90 Å². The first-order valence-electron chi connectivity index (χ1n) is 7.15. The highest BCUT2D eigenvalue weighted by Gasteiger charge is 2.24. The highest BCUT2D eigenvalue weighted by Crippen LogP contribution is 2.36. The van der Waals surface area contributed by atoms with Crippen LogP contribution < -0.4 is 18.5 Å². The number of benzene rings is 2. The number of anilines is 1. The number of sulfonamides is 1. The molecule has 3 rings (SSSR count). The van der Waals surface area contributed by atoms with E-state index in [1.807, 2.05) is 0 Å². The van der Waals surface area contributed by atoms with Gasteiger partial charge in [-0.2, -0.15) is 0 Å². The number of rotatable bonds is 4. The SMILES string of the molecule is COc1ccc(S(=O)(=O)N(C)c2ccc3c(c2)OCCO3)cc1Br. The minimum atomic E-state index is -3.71. The van der Waals surface area contributed by atoms with Gasteiger partial charge in [0, 0.05) is 13.1 Å². The predicted octanol–water partition coefficient (Wildman–Crippen LogP) is 3.05. The van der Waals surface area contributed by atoms with Gasteiger partial charge in [0.05, 0.1) is 22.2 Å². The van der Waals surface area contributed by atoms with E-state index in [2.05, 4.69) is 15.9 Å². The summed E-state index contributed by atoms with van der Waals surface area (Å²) in [5.74, 6) is 1.72. The first-order chi connectivity index (χ1) is 11.4. The molecule has 1 aliphatic rings. The Morgan fingerprint density at radius 1 is 1.08 bits per heavy atom. The van der Waals surface area contributed by atoms with E-state index in [0.717, 1.165) is 0 Å². The van der Waals surface area contributed by atoms with Crippen molar-refractivity contribution >= 4 is 31.6 Å². The number of nitrogens with zero attached hydrogens (tertiary/aromatic N) is 1. The van der Waals surface area contributed by atoms with Gasteiger partial charge in [-0.15, -0.1) is 0 Å². The molecular weight excluding hydrogens is 398 g/mol. The molecule has 0 fully saturated rings. The van der Waals surface area contributed by atoms with Crippen LogP contribution >= 0.6 is 15.9 Å². The van der Waals surface area contributed by atoms with Crippen LogP contribution in [0.25, 0.3) is 0 Å². The minimum Gasteiger partial charge on any atom is -0.496 e. The third kappa shape index (κ3) is 3.03. The molecule has 2 aromatic carbocycles. The molecule has 24 heavy (non-hydrogen) atoms. The Labute approximate surface area is 149 Å². The van der Waals surface area contributed by atoms with Crippen LogP contribution in [0.1, 0.15) is 0 Å². The summed E-state index contributed by atoms with van der Waals surface area (Å²) >= 11 is 3.31. The molecule has 0 N–H and O–H groups in total. The smallest absolute Gasteiger partial charge is 0.264 e. The molecule has 0 bridgehead atoms. The summed E-state index contributed by atoms with van der Waals surface area (Å²) in [4.78, 5) is 0.160. The van der Waals surface area contributed by atoms with E-state index in [1.54, 1.807) is 24.3 Å². The maximum Gasteiger partial charge on any atom is 0.264 e. The first kappa shape index (κ1) is 16.9. The molecule has 0 aliphatic carbocycles.